The second-order valence-electron chi connectivity index (χ2n) is 9.00. The quantitative estimate of drug-likeness (QED) is 0.385. The van der Waals surface area contributed by atoms with Gasteiger partial charge in [0.25, 0.3) is 0 Å². The van der Waals surface area contributed by atoms with Crippen molar-refractivity contribution in [1.82, 2.24) is 24.5 Å². The summed E-state index contributed by atoms with van der Waals surface area (Å²) in [5.74, 6) is 1.05. The standard InChI is InChI=1S/C25H27F3N6O2/c1-15-20(36-12-11-35-2)7-4-16-3-6-19(30-22(15)16)24-32-31-21-8-5-17(13-34(21)24)23(25(26,27)28)33-10-9-18(29)14-33/h3-8,13,18,23H,9-12,14,29H2,1-2H3/t18?,23-/m1/s1. The zero-order chi connectivity index (χ0) is 25.4. The van der Waals surface area contributed by atoms with E-state index in [2.05, 4.69) is 10.2 Å². The van der Waals surface area contributed by atoms with Crippen LogP contribution in [0.2, 0.25) is 0 Å². The van der Waals surface area contributed by atoms with Crippen LogP contribution in [-0.2, 0) is 4.74 Å². The molecule has 1 aromatic carbocycles. The molecule has 3 aromatic heterocycles. The molecule has 0 amide bonds. The third-order valence-electron chi connectivity index (χ3n) is 6.51. The van der Waals surface area contributed by atoms with Crippen molar-refractivity contribution in [3.8, 4) is 17.3 Å². The number of aryl methyl sites for hydroxylation is 1. The number of likely N-dealkylation sites (tertiary alicyclic amines) is 1. The van der Waals surface area contributed by atoms with Crippen LogP contribution in [0.3, 0.4) is 0 Å². The van der Waals surface area contributed by atoms with Crippen LogP contribution in [0.1, 0.15) is 23.6 Å². The van der Waals surface area contributed by atoms with Gasteiger partial charge in [-0.1, -0.05) is 12.1 Å². The highest BCUT2D eigenvalue weighted by Gasteiger charge is 2.46. The zero-order valence-corrected chi connectivity index (χ0v) is 20.0. The van der Waals surface area contributed by atoms with Gasteiger partial charge in [-0.05, 0) is 43.2 Å². The number of ether oxygens (including phenoxy) is 2. The Balaban J connectivity index is 1.56. The molecule has 5 rings (SSSR count). The molecule has 190 valence electrons. The molecule has 0 saturated carbocycles. The van der Waals surface area contributed by atoms with Crippen molar-refractivity contribution in [1.29, 1.82) is 0 Å². The first-order valence-corrected chi connectivity index (χ1v) is 11.7. The lowest BCUT2D eigenvalue weighted by molar-refractivity contribution is -0.183. The Bertz CT molecular complexity index is 1390. The van der Waals surface area contributed by atoms with E-state index >= 15 is 0 Å². The fraction of sp³-hybridized carbons (Fsp3) is 0.400. The number of nitrogens with zero attached hydrogens (tertiary/aromatic N) is 5. The van der Waals surface area contributed by atoms with Crippen LogP contribution in [0.4, 0.5) is 13.2 Å². The summed E-state index contributed by atoms with van der Waals surface area (Å²) in [6, 6.07) is 8.47. The highest BCUT2D eigenvalue weighted by Crippen LogP contribution is 2.39. The van der Waals surface area contributed by atoms with Gasteiger partial charge in [0.05, 0.1) is 12.1 Å². The van der Waals surface area contributed by atoms with Crippen molar-refractivity contribution in [3.05, 3.63) is 53.7 Å². The van der Waals surface area contributed by atoms with E-state index in [9.17, 15) is 13.2 Å². The molecule has 4 heterocycles. The Hall–Kier alpha value is -3.28. The summed E-state index contributed by atoms with van der Waals surface area (Å²) in [6.45, 7) is 3.26. The van der Waals surface area contributed by atoms with Gasteiger partial charge in [0.15, 0.2) is 11.5 Å². The third-order valence-corrected chi connectivity index (χ3v) is 6.51. The van der Waals surface area contributed by atoms with Gasteiger partial charge in [-0.3, -0.25) is 9.30 Å². The van der Waals surface area contributed by atoms with Gasteiger partial charge in [0.1, 0.15) is 24.1 Å². The molecule has 2 N–H and O–H groups in total. The zero-order valence-electron chi connectivity index (χ0n) is 20.0. The maximum Gasteiger partial charge on any atom is 0.408 e. The molecule has 4 aromatic rings. The monoisotopic (exact) mass is 500 g/mol. The molecule has 1 saturated heterocycles. The predicted molar refractivity (Wildman–Crippen MR) is 129 cm³/mol. The number of aromatic nitrogens is 4. The molecule has 0 spiro atoms. The minimum absolute atomic E-state index is 0.107. The minimum Gasteiger partial charge on any atom is -0.491 e. The minimum atomic E-state index is -4.45. The SMILES string of the molecule is COCCOc1ccc2ccc(-c3nnc4ccc([C@@H](N5CCC(N)C5)C(F)(F)F)cn34)nc2c1C. The van der Waals surface area contributed by atoms with Crippen LogP contribution in [0, 0.1) is 6.92 Å². The summed E-state index contributed by atoms with van der Waals surface area (Å²) in [7, 11) is 1.61. The molecule has 8 nitrogen and oxygen atoms in total. The van der Waals surface area contributed by atoms with Gasteiger partial charge in [-0.15, -0.1) is 10.2 Å². The summed E-state index contributed by atoms with van der Waals surface area (Å²) in [5, 5.41) is 9.31. The molecule has 36 heavy (non-hydrogen) atoms. The van der Waals surface area contributed by atoms with E-state index in [1.807, 2.05) is 25.1 Å². The molecule has 1 unspecified atom stereocenters. The van der Waals surface area contributed by atoms with Crippen molar-refractivity contribution >= 4 is 16.6 Å². The Labute approximate surface area is 205 Å². The number of hydrogen-bond acceptors (Lipinski definition) is 7. The topological polar surface area (TPSA) is 90.8 Å². The molecule has 1 aliphatic heterocycles. The van der Waals surface area contributed by atoms with Gasteiger partial charge in [-0.25, -0.2) is 4.98 Å². The highest BCUT2D eigenvalue weighted by atomic mass is 19.4. The molecule has 0 aliphatic carbocycles. The Morgan fingerprint density at radius 3 is 2.64 bits per heavy atom. The number of halogens is 3. The number of rotatable bonds is 7. The lowest BCUT2D eigenvalue weighted by atomic mass is 10.1. The summed E-state index contributed by atoms with van der Waals surface area (Å²) in [6.07, 6.45) is -2.47. The summed E-state index contributed by atoms with van der Waals surface area (Å²) >= 11 is 0. The number of hydrogen-bond donors (Lipinski definition) is 1. The van der Waals surface area contributed by atoms with Crippen molar-refractivity contribution in [3.63, 3.8) is 0 Å². The van der Waals surface area contributed by atoms with Crippen molar-refractivity contribution in [2.45, 2.75) is 31.6 Å². The van der Waals surface area contributed by atoms with Crippen LogP contribution in [0.15, 0.2) is 42.6 Å². The van der Waals surface area contributed by atoms with Crippen LogP contribution in [0.5, 0.6) is 5.75 Å². The normalized spacial score (nSPS) is 17.8. The third kappa shape index (κ3) is 4.61. The van der Waals surface area contributed by atoms with E-state index < -0.39 is 12.2 Å². The maximum absolute atomic E-state index is 14.1. The van der Waals surface area contributed by atoms with E-state index in [4.69, 9.17) is 20.2 Å². The summed E-state index contributed by atoms with van der Waals surface area (Å²) in [4.78, 5) is 6.17. The molecule has 0 bridgehead atoms. The largest absolute Gasteiger partial charge is 0.491 e. The lowest BCUT2D eigenvalue weighted by Gasteiger charge is -2.30. The van der Waals surface area contributed by atoms with Crippen LogP contribution >= 0.6 is 0 Å². The van der Waals surface area contributed by atoms with Gasteiger partial charge in [0.2, 0.25) is 0 Å². The number of benzene rings is 1. The van der Waals surface area contributed by atoms with Crippen LogP contribution in [0.25, 0.3) is 28.1 Å². The van der Waals surface area contributed by atoms with Crippen molar-refractivity contribution < 1.29 is 22.6 Å². The second-order valence-corrected chi connectivity index (χ2v) is 9.00. The molecule has 0 radical (unpaired) electrons. The van der Waals surface area contributed by atoms with Gasteiger partial charge in [-0.2, -0.15) is 13.2 Å². The van der Waals surface area contributed by atoms with E-state index in [1.165, 1.54) is 17.2 Å². The molecule has 1 aliphatic rings. The molecule has 2 atom stereocenters. The molecule has 1 fully saturated rings. The fourth-order valence-electron chi connectivity index (χ4n) is 4.73. The first-order valence-electron chi connectivity index (χ1n) is 11.7. The van der Waals surface area contributed by atoms with E-state index in [0.29, 0.717) is 49.1 Å². The molecule has 11 heteroatoms. The van der Waals surface area contributed by atoms with Gasteiger partial charge >= 0.3 is 6.18 Å². The Morgan fingerprint density at radius 1 is 1.11 bits per heavy atom. The average Bonchev–Trinajstić information content (AvgIpc) is 3.46. The number of pyridine rings is 2. The van der Waals surface area contributed by atoms with Crippen LogP contribution in [-0.4, -0.2) is 70.1 Å². The van der Waals surface area contributed by atoms with Gasteiger partial charge in [0, 0.05) is 43.4 Å². The number of fused-ring (bicyclic) bond motifs is 2. The first-order chi connectivity index (χ1) is 17.3. The van der Waals surface area contributed by atoms with E-state index in [1.54, 1.807) is 23.6 Å². The molecular formula is C25H27F3N6O2. The van der Waals surface area contributed by atoms with E-state index in [-0.39, 0.29) is 18.2 Å². The van der Waals surface area contributed by atoms with Crippen LogP contribution < -0.4 is 10.5 Å². The van der Waals surface area contributed by atoms with Crippen molar-refractivity contribution in [2.24, 2.45) is 5.73 Å². The van der Waals surface area contributed by atoms with E-state index in [0.717, 1.165) is 16.5 Å². The fourth-order valence-corrected chi connectivity index (χ4v) is 4.73. The molecular weight excluding hydrogens is 473 g/mol. The van der Waals surface area contributed by atoms with Gasteiger partial charge < -0.3 is 15.2 Å². The maximum atomic E-state index is 14.1. The lowest BCUT2D eigenvalue weighted by Crippen LogP contribution is -2.38. The number of methoxy groups -OCH3 is 1. The second kappa shape index (κ2) is 9.64. The number of nitrogens with two attached hydrogens (primary N) is 1. The Kier molecular flexibility index (Phi) is 6.54. The Morgan fingerprint density at radius 2 is 1.92 bits per heavy atom. The summed E-state index contributed by atoms with van der Waals surface area (Å²) < 4.78 is 54.8. The number of alkyl halides is 3. The highest BCUT2D eigenvalue weighted by molar-refractivity contribution is 5.85. The van der Waals surface area contributed by atoms with Crippen molar-refractivity contribution in [2.75, 3.05) is 33.4 Å². The first kappa shape index (κ1) is 24.4. The predicted octanol–water partition coefficient (Wildman–Crippen LogP) is 3.91. The average molecular weight is 501 g/mol. The summed E-state index contributed by atoms with van der Waals surface area (Å²) in [5.41, 5.74) is 8.51. The smallest absolute Gasteiger partial charge is 0.408 e.